The molecule has 2 aromatic rings. The predicted molar refractivity (Wildman–Crippen MR) is 74.4 cm³/mol. The van der Waals surface area contributed by atoms with Crippen LogP contribution in [0.2, 0.25) is 0 Å². The Morgan fingerprint density at radius 2 is 2.00 bits per heavy atom. The molecule has 0 unspecified atom stereocenters. The Hall–Kier alpha value is -1.95. The molecule has 0 spiro atoms. The summed E-state index contributed by atoms with van der Waals surface area (Å²) in [6.07, 6.45) is 0.247. The molecule has 1 aromatic heterocycles. The number of anilines is 1. The number of phenolic OH excluding ortho intramolecular Hbond substituents is 1. The maximum atomic E-state index is 11.8. The molecule has 0 bridgehead atoms. The van der Waals surface area contributed by atoms with Gasteiger partial charge in [0.2, 0.25) is 11.0 Å². The molecule has 5 nitrogen and oxygen atoms in total. The van der Waals surface area contributed by atoms with Crippen LogP contribution in [-0.4, -0.2) is 21.2 Å². The normalized spacial score (nSPS) is 10.7. The summed E-state index contributed by atoms with van der Waals surface area (Å²) in [7, 11) is 0. The highest BCUT2D eigenvalue weighted by molar-refractivity contribution is 7.15. The minimum absolute atomic E-state index is 0.142. The van der Waals surface area contributed by atoms with Crippen LogP contribution in [0.15, 0.2) is 24.3 Å². The zero-order valence-electron chi connectivity index (χ0n) is 10.8. The van der Waals surface area contributed by atoms with Crippen LogP contribution in [0.3, 0.4) is 0 Å². The van der Waals surface area contributed by atoms with Crippen LogP contribution in [0.1, 0.15) is 30.3 Å². The van der Waals surface area contributed by atoms with E-state index in [1.807, 2.05) is 13.8 Å². The van der Waals surface area contributed by atoms with Crippen molar-refractivity contribution in [1.82, 2.24) is 10.2 Å². The molecular weight excluding hydrogens is 262 g/mol. The van der Waals surface area contributed by atoms with Gasteiger partial charge in [-0.25, -0.2) is 0 Å². The van der Waals surface area contributed by atoms with Crippen molar-refractivity contribution in [2.45, 2.75) is 26.2 Å². The van der Waals surface area contributed by atoms with Crippen molar-refractivity contribution in [3.8, 4) is 5.75 Å². The third-order valence-corrected chi connectivity index (χ3v) is 3.62. The van der Waals surface area contributed by atoms with Gasteiger partial charge in [-0.3, -0.25) is 4.79 Å². The summed E-state index contributed by atoms with van der Waals surface area (Å²) in [5.74, 6) is 0.354. The lowest BCUT2D eigenvalue weighted by Crippen LogP contribution is -2.14. The zero-order valence-corrected chi connectivity index (χ0v) is 11.6. The first-order valence-electron chi connectivity index (χ1n) is 5.96. The smallest absolute Gasteiger partial charge is 0.230 e. The number of nitrogens with one attached hydrogen (secondary N) is 1. The molecule has 0 saturated heterocycles. The van der Waals surface area contributed by atoms with Crippen LogP contribution in [0.25, 0.3) is 0 Å². The van der Waals surface area contributed by atoms with E-state index in [4.69, 9.17) is 5.11 Å². The maximum Gasteiger partial charge on any atom is 0.230 e. The first-order chi connectivity index (χ1) is 9.04. The number of nitrogens with zero attached hydrogens (tertiary/aromatic N) is 2. The lowest BCUT2D eigenvalue weighted by Gasteiger charge is -2.01. The number of hydrogen-bond donors (Lipinski definition) is 2. The van der Waals surface area contributed by atoms with Crippen molar-refractivity contribution in [2.24, 2.45) is 0 Å². The van der Waals surface area contributed by atoms with Crippen LogP contribution in [-0.2, 0) is 11.2 Å². The first kappa shape index (κ1) is 13.5. The summed E-state index contributed by atoms with van der Waals surface area (Å²) in [5, 5.41) is 21.2. The second-order valence-electron chi connectivity index (χ2n) is 4.49. The number of hydrogen-bond acceptors (Lipinski definition) is 5. The molecule has 2 N–H and O–H groups in total. The van der Waals surface area contributed by atoms with Crippen LogP contribution >= 0.6 is 11.3 Å². The molecule has 1 aromatic carbocycles. The molecule has 0 aliphatic heterocycles. The highest BCUT2D eigenvalue weighted by Gasteiger charge is 2.10. The van der Waals surface area contributed by atoms with Crippen LogP contribution < -0.4 is 5.32 Å². The average molecular weight is 277 g/mol. The fourth-order valence-electron chi connectivity index (χ4n) is 1.48. The molecule has 1 heterocycles. The second kappa shape index (κ2) is 5.79. The largest absolute Gasteiger partial charge is 0.508 e. The van der Waals surface area contributed by atoms with Crippen molar-refractivity contribution < 1.29 is 9.90 Å². The summed E-state index contributed by atoms with van der Waals surface area (Å²) in [6, 6.07) is 6.55. The van der Waals surface area contributed by atoms with Gasteiger partial charge in [0.15, 0.2) is 0 Å². The number of carbonyl (C=O) groups excluding carboxylic acids is 1. The Balaban J connectivity index is 1.95. The van der Waals surface area contributed by atoms with Gasteiger partial charge >= 0.3 is 0 Å². The van der Waals surface area contributed by atoms with E-state index in [2.05, 4.69) is 15.5 Å². The molecule has 0 aliphatic carbocycles. The van der Waals surface area contributed by atoms with E-state index in [-0.39, 0.29) is 18.1 Å². The number of phenols is 1. The van der Waals surface area contributed by atoms with Gasteiger partial charge in [-0.15, -0.1) is 10.2 Å². The summed E-state index contributed by atoms with van der Waals surface area (Å²) < 4.78 is 0. The summed E-state index contributed by atoms with van der Waals surface area (Å²) in [6.45, 7) is 4.06. The Morgan fingerprint density at radius 3 is 2.58 bits per heavy atom. The minimum atomic E-state index is -0.142. The molecule has 1 amide bonds. The molecule has 100 valence electrons. The highest BCUT2D eigenvalue weighted by atomic mass is 32.1. The molecule has 0 atom stereocenters. The molecule has 0 fully saturated rings. The van der Waals surface area contributed by atoms with E-state index >= 15 is 0 Å². The van der Waals surface area contributed by atoms with E-state index in [1.165, 1.54) is 11.3 Å². The predicted octanol–water partition coefficient (Wildman–Crippen LogP) is 2.55. The van der Waals surface area contributed by atoms with Gasteiger partial charge in [-0.2, -0.15) is 0 Å². The molecule has 6 heteroatoms. The van der Waals surface area contributed by atoms with E-state index in [1.54, 1.807) is 24.3 Å². The number of aromatic nitrogens is 2. The minimum Gasteiger partial charge on any atom is -0.508 e. The number of aromatic hydroxyl groups is 1. The second-order valence-corrected chi connectivity index (χ2v) is 5.50. The summed E-state index contributed by atoms with van der Waals surface area (Å²) >= 11 is 1.39. The Morgan fingerprint density at radius 1 is 1.32 bits per heavy atom. The van der Waals surface area contributed by atoms with E-state index in [9.17, 15) is 4.79 Å². The standard InChI is InChI=1S/C13H15N3O2S/c1-8(2)12-15-16-13(19-12)14-11(18)7-9-3-5-10(17)6-4-9/h3-6,8,17H,7H2,1-2H3,(H,14,16,18). The summed E-state index contributed by atoms with van der Waals surface area (Å²) in [4.78, 5) is 11.8. The van der Waals surface area contributed by atoms with Gasteiger partial charge in [0.1, 0.15) is 10.8 Å². The van der Waals surface area contributed by atoms with Crippen LogP contribution in [0.5, 0.6) is 5.75 Å². The van der Waals surface area contributed by atoms with Gasteiger partial charge in [-0.05, 0) is 17.7 Å². The summed E-state index contributed by atoms with van der Waals surface area (Å²) in [5.41, 5.74) is 0.837. The Bertz CT molecular complexity index is 564. The quantitative estimate of drug-likeness (QED) is 0.900. The lowest BCUT2D eigenvalue weighted by molar-refractivity contribution is -0.115. The van der Waals surface area contributed by atoms with Crippen molar-refractivity contribution >= 4 is 22.4 Å². The molecule has 0 aliphatic rings. The fraction of sp³-hybridized carbons (Fsp3) is 0.308. The number of benzene rings is 1. The highest BCUT2D eigenvalue weighted by Crippen LogP contribution is 2.22. The molecular formula is C13H15N3O2S. The zero-order chi connectivity index (χ0) is 13.8. The number of rotatable bonds is 4. The van der Waals surface area contributed by atoms with E-state index in [0.29, 0.717) is 11.0 Å². The Labute approximate surface area is 115 Å². The van der Waals surface area contributed by atoms with Crippen molar-refractivity contribution in [3.05, 3.63) is 34.8 Å². The molecule has 19 heavy (non-hydrogen) atoms. The number of carbonyl (C=O) groups is 1. The topological polar surface area (TPSA) is 75.1 Å². The molecule has 2 rings (SSSR count). The number of amides is 1. The van der Waals surface area contributed by atoms with Gasteiger partial charge in [0.25, 0.3) is 0 Å². The van der Waals surface area contributed by atoms with Gasteiger partial charge in [0.05, 0.1) is 6.42 Å². The molecule has 0 radical (unpaired) electrons. The van der Waals surface area contributed by atoms with Crippen molar-refractivity contribution in [2.75, 3.05) is 5.32 Å². The SMILES string of the molecule is CC(C)c1nnc(NC(=O)Cc2ccc(O)cc2)s1. The van der Waals surface area contributed by atoms with Crippen molar-refractivity contribution in [1.29, 1.82) is 0 Å². The first-order valence-corrected chi connectivity index (χ1v) is 6.77. The van der Waals surface area contributed by atoms with Crippen LogP contribution in [0.4, 0.5) is 5.13 Å². The van der Waals surface area contributed by atoms with E-state index < -0.39 is 0 Å². The maximum absolute atomic E-state index is 11.8. The third kappa shape index (κ3) is 3.75. The van der Waals surface area contributed by atoms with Gasteiger partial charge < -0.3 is 10.4 Å². The van der Waals surface area contributed by atoms with E-state index in [0.717, 1.165) is 10.6 Å². The molecule has 0 saturated carbocycles. The van der Waals surface area contributed by atoms with Gasteiger partial charge in [-0.1, -0.05) is 37.3 Å². The monoisotopic (exact) mass is 277 g/mol. The Kier molecular flexibility index (Phi) is 4.11. The third-order valence-electron chi connectivity index (χ3n) is 2.48. The van der Waals surface area contributed by atoms with Crippen LogP contribution in [0, 0.1) is 0 Å². The van der Waals surface area contributed by atoms with Gasteiger partial charge in [0, 0.05) is 5.92 Å². The average Bonchev–Trinajstić information content (AvgIpc) is 2.80. The van der Waals surface area contributed by atoms with Crippen molar-refractivity contribution in [3.63, 3.8) is 0 Å². The lowest BCUT2D eigenvalue weighted by atomic mass is 10.1. The fourth-order valence-corrected chi connectivity index (χ4v) is 2.24.